The lowest BCUT2D eigenvalue weighted by Crippen LogP contribution is -2.33. The van der Waals surface area contributed by atoms with E-state index in [0.29, 0.717) is 29.7 Å². The van der Waals surface area contributed by atoms with Gasteiger partial charge in [0.2, 0.25) is 0 Å². The molecule has 2 aromatic heterocycles. The molecule has 0 saturated heterocycles. The van der Waals surface area contributed by atoms with Crippen LogP contribution in [0.3, 0.4) is 0 Å². The lowest BCUT2D eigenvalue weighted by Gasteiger charge is -2.27. The number of amides is 1. The third-order valence-electron chi connectivity index (χ3n) is 6.36. The van der Waals surface area contributed by atoms with Crippen LogP contribution >= 0.6 is 11.3 Å². The molecule has 2 N–H and O–H groups in total. The normalized spacial score (nSPS) is 20.3. The molecule has 0 bridgehead atoms. The average molecular weight is 481 g/mol. The van der Waals surface area contributed by atoms with Crippen LogP contribution in [0.2, 0.25) is 0 Å². The molecule has 0 aliphatic heterocycles. The summed E-state index contributed by atoms with van der Waals surface area (Å²) in [5.74, 6) is -2.89. The zero-order valence-corrected chi connectivity index (χ0v) is 18.5. The van der Waals surface area contributed by atoms with E-state index in [0.717, 1.165) is 54.5 Å². The van der Waals surface area contributed by atoms with Crippen LogP contribution in [0.5, 0.6) is 0 Å². The highest BCUT2D eigenvalue weighted by Crippen LogP contribution is 2.38. The summed E-state index contributed by atoms with van der Waals surface area (Å²) < 4.78 is 38.2. The number of nitrogens with one attached hydrogen (secondary N) is 1. The van der Waals surface area contributed by atoms with Gasteiger partial charge < -0.3 is 10.4 Å². The van der Waals surface area contributed by atoms with Crippen molar-refractivity contribution in [2.75, 3.05) is 5.32 Å². The molecule has 2 aliphatic carbocycles. The molecule has 1 fully saturated rings. The topological polar surface area (TPSA) is 96.4 Å². The minimum atomic E-state index is -4.57. The fourth-order valence-electron chi connectivity index (χ4n) is 4.78. The first-order valence-electron chi connectivity index (χ1n) is 10.9. The number of carboxylic acids is 1. The van der Waals surface area contributed by atoms with Gasteiger partial charge in [0, 0.05) is 22.1 Å². The van der Waals surface area contributed by atoms with Crippen LogP contribution in [0.15, 0.2) is 18.3 Å². The van der Waals surface area contributed by atoms with Gasteiger partial charge in [-0.3, -0.25) is 14.4 Å². The van der Waals surface area contributed by atoms with E-state index in [1.54, 1.807) is 0 Å². The summed E-state index contributed by atoms with van der Waals surface area (Å²) in [4.78, 5) is 42.8. The van der Waals surface area contributed by atoms with Crippen molar-refractivity contribution in [2.45, 2.75) is 57.5 Å². The second-order valence-electron chi connectivity index (χ2n) is 8.52. The van der Waals surface area contributed by atoms with E-state index in [9.17, 15) is 32.7 Å². The number of aliphatic carboxylic acids is 1. The highest BCUT2D eigenvalue weighted by atomic mass is 32.1. The van der Waals surface area contributed by atoms with Gasteiger partial charge in [-0.05, 0) is 49.8 Å². The molecule has 2 aliphatic rings. The number of carboxylic acid groups (broad SMARTS) is 1. The van der Waals surface area contributed by atoms with Crippen LogP contribution in [0, 0.1) is 11.8 Å². The summed E-state index contributed by atoms with van der Waals surface area (Å²) in [6.45, 7) is 0. The minimum Gasteiger partial charge on any atom is -0.481 e. The largest absolute Gasteiger partial charge is 0.481 e. The number of hydrogen-bond donors (Lipinski definition) is 2. The van der Waals surface area contributed by atoms with Gasteiger partial charge in [-0.2, -0.15) is 13.2 Å². The Labute approximate surface area is 192 Å². The van der Waals surface area contributed by atoms with Crippen molar-refractivity contribution in [2.24, 2.45) is 11.8 Å². The summed E-state index contributed by atoms with van der Waals surface area (Å²) in [7, 11) is 0. The molecule has 2 aromatic rings. The van der Waals surface area contributed by atoms with Gasteiger partial charge in [0.25, 0.3) is 5.91 Å². The average Bonchev–Trinajstić information content (AvgIpc) is 3.34. The molecule has 0 spiro atoms. The summed E-state index contributed by atoms with van der Waals surface area (Å²) in [6, 6.07) is 1.94. The van der Waals surface area contributed by atoms with Crippen molar-refractivity contribution in [3.63, 3.8) is 0 Å². The van der Waals surface area contributed by atoms with E-state index in [-0.39, 0.29) is 17.9 Å². The molecule has 10 heteroatoms. The number of pyridine rings is 1. The van der Waals surface area contributed by atoms with Gasteiger partial charge in [0.15, 0.2) is 0 Å². The van der Waals surface area contributed by atoms with Gasteiger partial charge in [-0.15, -0.1) is 11.3 Å². The zero-order valence-electron chi connectivity index (χ0n) is 17.7. The number of carbonyl (C=O) groups is 3. The maximum absolute atomic E-state index is 13.1. The summed E-state index contributed by atoms with van der Waals surface area (Å²) in [5.41, 5.74) is 0.340. The first kappa shape index (κ1) is 23.4. The summed E-state index contributed by atoms with van der Waals surface area (Å²) >= 11 is 1.40. The number of aromatic nitrogens is 1. The van der Waals surface area contributed by atoms with Crippen LogP contribution in [-0.2, 0) is 35.0 Å². The smallest absolute Gasteiger partial charge is 0.433 e. The SMILES string of the molecule is O=C(Nc1ccc(C(F)(F)F)nc1)c1c(CC(=O)C2CCCCC2C(=O)O)sc2c1CCC2. The maximum atomic E-state index is 13.1. The highest BCUT2D eigenvalue weighted by Gasteiger charge is 2.37. The second kappa shape index (κ2) is 9.24. The molecule has 6 nitrogen and oxygen atoms in total. The number of carbonyl (C=O) groups excluding carboxylic acids is 2. The number of Topliss-reactive ketones (excluding diaryl/α,β-unsaturated/α-hetero) is 1. The number of anilines is 1. The lowest BCUT2D eigenvalue weighted by molar-refractivity contribution is -0.148. The van der Waals surface area contributed by atoms with Gasteiger partial charge in [-0.1, -0.05) is 12.8 Å². The van der Waals surface area contributed by atoms with E-state index < -0.39 is 35.6 Å². The molecule has 2 atom stereocenters. The summed E-state index contributed by atoms with van der Waals surface area (Å²) in [6.07, 6.45) is 1.34. The number of ketones is 1. The Morgan fingerprint density at radius 1 is 1.09 bits per heavy atom. The van der Waals surface area contributed by atoms with Gasteiger partial charge in [-0.25, -0.2) is 4.98 Å². The van der Waals surface area contributed by atoms with Crippen molar-refractivity contribution in [3.05, 3.63) is 44.9 Å². The van der Waals surface area contributed by atoms with E-state index in [1.165, 1.54) is 11.3 Å². The Bertz CT molecular complexity index is 1080. The standard InChI is InChI=1S/C23H23F3N2O4S/c24-23(25,26)19-9-8-12(11-27-19)28-21(30)20-15-6-3-7-17(15)33-18(20)10-16(29)13-4-1-2-5-14(13)22(31)32/h8-9,11,13-14H,1-7,10H2,(H,28,30)(H,31,32). The fraction of sp³-hybridized carbons (Fsp3) is 0.478. The minimum absolute atomic E-state index is 0.0138. The molecular weight excluding hydrogens is 457 g/mol. The molecule has 176 valence electrons. The van der Waals surface area contributed by atoms with E-state index in [2.05, 4.69) is 10.3 Å². The third-order valence-corrected chi connectivity index (χ3v) is 7.66. The van der Waals surface area contributed by atoms with Crippen molar-refractivity contribution >= 4 is 34.7 Å². The van der Waals surface area contributed by atoms with Crippen molar-refractivity contribution in [1.82, 2.24) is 4.98 Å². The van der Waals surface area contributed by atoms with Crippen LogP contribution in [0.25, 0.3) is 0 Å². The molecule has 1 saturated carbocycles. The molecule has 1 amide bonds. The quantitative estimate of drug-likeness (QED) is 0.613. The number of alkyl halides is 3. The monoisotopic (exact) mass is 480 g/mol. The maximum Gasteiger partial charge on any atom is 0.433 e. The number of halogens is 3. The van der Waals surface area contributed by atoms with E-state index in [4.69, 9.17) is 0 Å². The second-order valence-corrected chi connectivity index (χ2v) is 9.71. The Kier molecular flexibility index (Phi) is 6.56. The van der Waals surface area contributed by atoms with Crippen LogP contribution in [-0.4, -0.2) is 27.8 Å². The van der Waals surface area contributed by atoms with Gasteiger partial charge in [0.1, 0.15) is 11.5 Å². The third kappa shape index (κ3) is 4.95. The fourth-order valence-corrected chi connectivity index (χ4v) is 6.18. The molecule has 2 unspecified atom stereocenters. The number of fused-ring (bicyclic) bond motifs is 1. The predicted octanol–water partition coefficient (Wildman–Crippen LogP) is 4.91. The van der Waals surface area contributed by atoms with Crippen molar-refractivity contribution in [1.29, 1.82) is 0 Å². The Morgan fingerprint density at radius 2 is 1.82 bits per heavy atom. The van der Waals surface area contributed by atoms with Crippen LogP contribution in [0.4, 0.5) is 18.9 Å². The first-order valence-corrected chi connectivity index (χ1v) is 11.7. The Balaban J connectivity index is 1.56. The number of nitrogens with zero attached hydrogens (tertiary/aromatic N) is 1. The zero-order chi connectivity index (χ0) is 23.8. The van der Waals surface area contributed by atoms with E-state index in [1.807, 2.05) is 0 Å². The number of thiophene rings is 1. The highest BCUT2D eigenvalue weighted by molar-refractivity contribution is 7.12. The van der Waals surface area contributed by atoms with Crippen LogP contribution in [0.1, 0.15) is 63.5 Å². The molecule has 0 radical (unpaired) electrons. The van der Waals surface area contributed by atoms with Gasteiger partial charge >= 0.3 is 12.1 Å². The number of rotatable bonds is 6. The van der Waals surface area contributed by atoms with Gasteiger partial charge in [0.05, 0.1) is 23.4 Å². The molecular formula is C23H23F3N2O4S. The molecule has 4 rings (SSSR count). The molecule has 0 aromatic carbocycles. The molecule has 33 heavy (non-hydrogen) atoms. The lowest BCUT2D eigenvalue weighted by atomic mass is 9.76. The molecule has 2 heterocycles. The van der Waals surface area contributed by atoms with E-state index >= 15 is 0 Å². The van der Waals surface area contributed by atoms with Crippen molar-refractivity contribution < 1.29 is 32.7 Å². The Hall–Kier alpha value is -2.75. The van der Waals surface area contributed by atoms with Crippen LogP contribution < -0.4 is 5.32 Å². The Morgan fingerprint density at radius 3 is 2.45 bits per heavy atom. The predicted molar refractivity (Wildman–Crippen MR) is 115 cm³/mol. The number of aryl methyl sites for hydroxylation is 1. The van der Waals surface area contributed by atoms with Crippen molar-refractivity contribution in [3.8, 4) is 0 Å². The first-order chi connectivity index (χ1) is 15.6. The summed E-state index contributed by atoms with van der Waals surface area (Å²) in [5, 5.41) is 12.1. The number of hydrogen-bond acceptors (Lipinski definition) is 5.